The van der Waals surface area contributed by atoms with Crippen LogP contribution in [0.5, 0.6) is 0 Å². The molecule has 0 saturated heterocycles. The van der Waals surface area contributed by atoms with Gasteiger partial charge in [-0.05, 0) is 38.8 Å². The van der Waals surface area contributed by atoms with Crippen molar-refractivity contribution in [3.63, 3.8) is 0 Å². The van der Waals surface area contributed by atoms with Gasteiger partial charge in [-0.2, -0.15) is 0 Å². The number of carbonyl (C=O) groups excluding carboxylic acids is 1. The number of hydrogen-bond donors (Lipinski definition) is 1. The van der Waals surface area contributed by atoms with Gasteiger partial charge in [0.25, 0.3) is 0 Å². The van der Waals surface area contributed by atoms with E-state index in [9.17, 15) is 4.79 Å². The first-order chi connectivity index (χ1) is 8.45. The van der Waals surface area contributed by atoms with Crippen molar-refractivity contribution < 1.29 is 4.79 Å². The van der Waals surface area contributed by atoms with E-state index in [0.717, 1.165) is 13.1 Å². The third-order valence-electron chi connectivity index (χ3n) is 3.32. The maximum absolute atomic E-state index is 11.9. The van der Waals surface area contributed by atoms with Crippen LogP contribution in [0.15, 0.2) is 18.2 Å². The Balaban J connectivity index is 2.57. The van der Waals surface area contributed by atoms with Crippen LogP contribution in [0.4, 0.5) is 0 Å². The summed E-state index contributed by atoms with van der Waals surface area (Å²) in [4.78, 5) is 13.6. The Hall–Kier alpha value is -1.35. The van der Waals surface area contributed by atoms with Crippen LogP contribution in [-0.2, 0) is 11.3 Å². The molecule has 3 nitrogen and oxygen atoms in total. The topological polar surface area (TPSA) is 32.3 Å². The van der Waals surface area contributed by atoms with Crippen molar-refractivity contribution in [2.24, 2.45) is 0 Å². The molecular weight excluding hydrogens is 224 g/mol. The van der Waals surface area contributed by atoms with E-state index in [-0.39, 0.29) is 11.9 Å². The second kappa shape index (κ2) is 6.55. The smallest absolute Gasteiger partial charge is 0.239 e. The molecule has 1 atom stereocenters. The van der Waals surface area contributed by atoms with E-state index in [4.69, 9.17) is 0 Å². The molecule has 18 heavy (non-hydrogen) atoms. The normalized spacial score (nSPS) is 12.3. The molecule has 0 saturated carbocycles. The molecule has 1 unspecified atom stereocenters. The molecule has 3 heteroatoms. The van der Waals surface area contributed by atoms with Gasteiger partial charge in [0, 0.05) is 20.1 Å². The van der Waals surface area contributed by atoms with E-state index in [0.29, 0.717) is 0 Å². The van der Waals surface area contributed by atoms with E-state index in [1.165, 1.54) is 16.7 Å². The Kier molecular flexibility index (Phi) is 5.35. The number of likely N-dealkylation sites (N-methyl/N-ethyl adjacent to an activating group) is 1. The highest BCUT2D eigenvalue weighted by Crippen LogP contribution is 2.10. The number of benzene rings is 1. The van der Waals surface area contributed by atoms with Gasteiger partial charge in [-0.3, -0.25) is 4.79 Å². The first-order valence-electron chi connectivity index (χ1n) is 6.50. The minimum absolute atomic E-state index is 0.141. The fourth-order valence-electron chi connectivity index (χ4n) is 1.88. The van der Waals surface area contributed by atoms with Crippen LogP contribution in [0.2, 0.25) is 0 Å². The summed E-state index contributed by atoms with van der Waals surface area (Å²) in [6.45, 7) is 9.57. The van der Waals surface area contributed by atoms with Gasteiger partial charge in [-0.1, -0.05) is 23.8 Å². The molecule has 0 aliphatic carbocycles. The van der Waals surface area contributed by atoms with Crippen molar-refractivity contribution in [2.75, 3.05) is 13.6 Å². The summed E-state index contributed by atoms with van der Waals surface area (Å²) in [7, 11) is 1.83. The quantitative estimate of drug-likeness (QED) is 0.867. The lowest BCUT2D eigenvalue weighted by atomic mass is 10.1. The van der Waals surface area contributed by atoms with Crippen LogP contribution in [0.25, 0.3) is 0 Å². The first-order valence-corrected chi connectivity index (χ1v) is 6.50. The summed E-state index contributed by atoms with van der Waals surface area (Å²) in [6, 6.07) is 6.25. The van der Waals surface area contributed by atoms with Crippen molar-refractivity contribution in [3.8, 4) is 0 Å². The number of amides is 1. The van der Waals surface area contributed by atoms with Crippen LogP contribution in [0.1, 0.15) is 30.5 Å². The molecular formula is C15H24N2O. The van der Waals surface area contributed by atoms with Crippen LogP contribution in [-0.4, -0.2) is 30.4 Å². The number of aryl methyl sites for hydroxylation is 2. The van der Waals surface area contributed by atoms with Gasteiger partial charge >= 0.3 is 0 Å². The first kappa shape index (κ1) is 14.7. The van der Waals surface area contributed by atoms with E-state index in [1.54, 1.807) is 4.90 Å². The van der Waals surface area contributed by atoms with E-state index < -0.39 is 0 Å². The molecule has 0 aromatic heterocycles. The van der Waals surface area contributed by atoms with Crippen molar-refractivity contribution in [2.45, 2.75) is 40.3 Å². The van der Waals surface area contributed by atoms with Gasteiger partial charge in [0.15, 0.2) is 0 Å². The van der Waals surface area contributed by atoms with Crippen LogP contribution in [0, 0.1) is 13.8 Å². The maximum atomic E-state index is 11.9. The van der Waals surface area contributed by atoms with Gasteiger partial charge in [0.2, 0.25) is 5.91 Å². The summed E-state index contributed by atoms with van der Waals surface area (Å²) in [5.41, 5.74) is 3.79. The number of rotatable bonds is 5. The largest absolute Gasteiger partial charge is 0.345 e. The molecule has 1 rings (SSSR count). The van der Waals surface area contributed by atoms with Gasteiger partial charge < -0.3 is 10.2 Å². The SMILES string of the molecule is CCN(C)C(=O)C(C)NCc1ccc(C)cc1C. The summed E-state index contributed by atoms with van der Waals surface area (Å²) in [5.74, 6) is 0.141. The minimum Gasteiger partial charge on any atom is -0.345 e. The summed E-state index contributed by atoms with van der Waals surface area (Å²) in [5, 5.41) is 3.28. The highest BCUT2D eigenvalue weighted by Gasteiger charge is 2.15. The molecule has 0 bridgehead atoms. The number of nitrogens with one attached hydrogen (secondary N) is 1. The lowest BCUT2D eigenvalue weighted by Crippen LogP contribution is -2.42. The van der Waals surface area contributed by atoms with Gasteiger partial charge in [0.1, 0.15) is 0 Å². The van der Waals surface area contributed by atoms with Crippen LogP contribution in [0.3, 0.4) is 0 Å². The lowest BCUT2D eigenvalue weighted by Gasteiger charge is -2.21. The van der Waals surface area contributed by atoms with Crippen LogP contribution < -0.4 is 5.32 Å². The highest BCUT2D eigenvalue weighted by atomic mass is 16.2. The van der Waals surface area contributed by atoms with Gasteiger partial charge in [-0.25, -0.2) is 0 Å². The second-order valence-electron chi connectivity index (χ2n) is 4.88. The fourth-order valence-corrected chi connectivity index (χ4v) is 1.88. The van der Waals surface area contributed by atoms with E-state index in [2.05, 4.69) is 37.4 Å². The third kappa shape index (κ3) is 3.84. The second-order valence-corrected chi connectivity index (χ2v) is 4.88. The van der Waals surface area contributed by atoms with Crippen molar-refractivity contribution in [3.05, 3.63) is 34.9 Å². The summed E-state index contributed by atoms with van der Waals surface area (Å²) >= 11 is 0. The monoisotopic (exact) mass is 248 g/mol. The van der Waals surface area contributed by atoms with Crippen molar-refractivity contribution >= 4 is 5.91 Å². The van der Waals surface area contributed by atoms with Crippen molar-refractivity contribution in [1.82, 2.24) is 10.2 Å². The molecule has 0 aliphatic heterocycles. The third-order valence-corrected chi connectivity index (χ3v) is 3.32. The Morgan fingerprint density at radius 2 is 2.06 bits per heavy atom. The molecule has 1 aromatic rings. The van der Waals surface area contributed by atoms with E-state index >= 15 is 0 Å². The van der Waals surface area contributed by atoms with Gasteiger partial charge in [0.05, 0.1) is 6.04 Å². The van der Waals surface area contributed by atoms with Crippen molar-refractivity contribution in [1.29, 1.82) is 0 Å². The molecule has 0 spiro atoms. The number of hydrogen-bond acceptors (Lipinski definition) is 2. The summed E-state index contributed by atoms with van der Waals surface area (Å²) < 4.78 is 0. The highest BCUT2D eigenvalue weighted by molar-refractivity contribution is 5.81. The Labute approximate surface area is 110 Å². The zero-order valence-corrected chi connectivity index (χ0v) is 12.1. The summed E-state index contributed by atoms with van der Waals surface area (Å²) in [6.07, 6.45) is 0. The molecule has 0 aliphatic rings. The Morgan fingerprint density at radius 1 is 1.39 bits per heavy atom. The predicted molar refractivity (Wildman–Crippen MR) is 75.5 cm³/mol. The molecule has 0 radical (unpaired) electrons. The minimum atomic E-state index is -0.143. The predicted octanol–water partition coefficient (Wildman–Crippen LogP) is 2.26. The Morgan fingerprint density at radius 3 is 2.61 bits per heavy atom. The molecule has 1 N–H and O–H groups in total. The van der Waals surface area contributed by atoms with Crippen LogP contribution >= 0.6 is 0 Å². The molecule has 1 aromatic carbocycles. The number of nitrogens with zero attached hydrogens (tertiary/aromatic N) is 1. The zero-order valence-electron chi connectivity index (χ0n) is 12.1. The van der Waals surface area contributed by atoms with E-state index in [1.807, 2.05) is 20.9 Å². The molecule has 1 amide bonds. The van der Waals surface area contributed by atoms with Gasteiger partial charge in [-0.15, -0.1) is 0 Å². The number of carbonyl (C=O) groups is 1. The average Bonchev–Trinajstić information content (AvgIpc) is 2.35. The molecule has 0 fully saturated rings. The average molecular weight is 248 g/mol. The lowest BCUT2D eigenvalue weighted by molar-refractivity contribution is -0.131. The Bertz CT molecular complexity index is 415. The maximum Gasteiger partial charge on any atom is 0.239 e. The zero-order chi connectivity index (χ0) is 13.7. The molecule has 100 valence electrons. The fraction of sp³-hybridized carbons (Fsp3) is 0.533. The molecule has 0 heterocycles. The standard InChI is InChI=1S/C15H24N2O/c1-6-17(5)15(18)13(4)16-10-14-8-7-11(2)9-12(14)3/h7-9,13,16H,6,10H2,1-5H3.